The van der Waals surface area contributed by atoms with Crippen LogP contribution in [0.1, 0.15) is 29.1 Å². The van der Waals surface area contributed by atoms with Crippen molar-refractivity contribution in [1.29, 1.82) is 0 Å². The molecule has 7 nitrogen and oxygen atoms in total. The molecule has 0 unspecified atom stereocenters. The highest BCUT2D eigenvalue weighted by atomic mass is 16.6. The Morgan fingerprint density at radius 1 is 1.25 bits per heavy atom. The van der Waals surface area contributed by atoms with Crippen LogP contribution in [0.25, 0.3) is 11.0 Å². The quantitative estimate of drug-likeness (QED) is 0.434. The first kappa shape index (κ1) is 15.5. The van der Waals surface area contributed by atoms with Gasteiger partial charge in [-0.25, -0.2) is 0 Å². The van der Waals surface area contributed by atoms with Gasteiger partial charge >= 0.3 is 0 Å². The first-order valence-electron chi connectivity index (χ1n) is 7.29. The van der Waals surface area contributed by atoms with Crippen molar-refractivity contribution < 1.29 is 14.1 Å². The van der Waals surface area contributed by atoms with Gasteiger partial charge in [0.2, 0.25) is 0 Å². The molecular formula is C17H15N3O4. The molecule has 0 fully saturated rings. The average molecular weight is 325 g/mol. The molecular weight excluding hydrogens is 310 g/mol. The SMILES string of the molecule is C[C@@H](NC(=O)c1ccc(N)c([N+](=O)[O-])c1)c1cc2ccccc2o1. The van der Waals surface area contributed by atoms with Gasteiger partial charge in [0.05, 0.1) is 11.0 Å². The molecule has 0 bridgehead atoms. The first-order valence-corrected chi connectivity index (χ1v) is 7.29. The van der Waals surface area contributed by atoms with Gasteiger partial charge in [0.25, 0.3) is 11.6 Å². The Hall–Kier alpha value is -3.35. The first-order chi connectivity index (χ1) is 11.5. The van der Waals surface area contributed by atoms with Crippen LogP contribution in [0.4, 0.5) is 11.4 Å². The zero-order valence-electron chi connectivity index (χ0n) is 12.9. The minimum atomic E-state index is -0.616. The molecule has 3 N–H and O–H groups in total. The van der Waals surface area contributed by atoms with Crippen molar-refractivity contribution >= 4 is 28.3 Å². The lowest BCUT2D eigenvalue weighted by Crippen LogP contribution is -2.26. The highest BCUT2D eigenvalue weighted by Crippen LogP contribution is 2.25. The van der Waals surface area contributed by atoms with Crippen LogP contribution in [-0.4, -0.2) is 10.8 Å². The third kappa shape index (κ3) is 2.91. The van der Waals surface area contributed by atoms with E-state index in [2.05, 4.69) is 5.32 Å². The van der Waals surface area contributed by atoms with Gasteiger partial charge in [-0.2, -0.15) is 0 Å². The van der Waals surface area contributed by atoms with E-state index in [0.29, 0.717) is 5.76 Å². The number of hydrogen-bond acceptors (Lipinski definition) is 5. The predicted octanol–water partition coefficient (Wildman–Crippen LogP) is 3.41. The van der Waals surface area contributed by atoms with Crippen molar-refractivity contribution in [3.63, 3.8) is 0 Å². The maximum Gasteiger partial charge on any atom is 0.292 e. The molecule has 1 heterocycles. The third-order valence-electron chi connectivity index (χ3n) is 3.71. The Morgan fingerprint density at radius 3 is 2.71 bits per heavy atom. The van der Waals surface area contributed by atoms with E-state index < -0.39 is 10.8 Å². The number of nitro groups is 1. The van der Waals surface area contributed by atoms with E-state index in [4.69, 9.17) is 10.2 Å². The van der Waals surface area contributed by atoms with Crippen LogP contribution >= 0.6 is 0 Å². The Morgan fingerprint density at radius 2 is 2.00 bits per heavy atom. The predicted molar refractivity (Wildman–Crippen MR) is 89.6 cm³/mol. The zero-order chi connectivity index (χ0) is 17.3. The van der Waals surface area contributed by atoms with Gasteiger partial charge in [-0.05, 0) is 31.2 Å². The van der Waals surface area contributed by atoms with Crippen LogP contribution in [0.15, 0.2) is 52.9 Å². The number of hydrogen-bond donors (Lipinski definition) is 2. The summed E-state index contributed by atoms with van der Waals surface area (Å²) >= 11 is 0. The average Bonchev–Trinajstić information content (AvgIpc) is 2.99. The summed E-state index contributed by atoms with van der Waals surface area (Å²) in [7, 11) is 0. The van der Waals surface area contributed by atoms with Gasteiger partial charge in [0, 0.05) is 17.0 Å². The van der Waals surface area contributed by atoms with E-state index in [0.717, 1.165) is 17.0 Å². The summed E-state index contributed by atoms with van der Waals surface area (Å²) in [5.74, 6) is 0.167. The van der Waals surface area contributed by atoms with Crippen molar-refractivity contribution in [1.82, 2.24) is 5.32 Å². The number of fused-ring (bicyclic) bond motifs is 1. The molecule has 3 rings (SSSR count). The minimum absolute atomic E-state index is 0.0156. The fraction of sp³-hybridized carbons (Fsp3) is 0.118. The van der Waals surface area contributed by atoms with Crippen LogP contribution in [0, 0.1) is 10.1 Å². The summed E-state index contributed by atoms with van der Waals surface area (Å²) in [5.41, 5.74) is 6.16. The fourth-order valence-corrected chi connectivity index (χ4v) is 2.41. The number of para-hydroxylation sites is 1. The Kier molecular flexibility index (Phi) is 3.91. The number of furan rings is 1. The number of nitrogen functional groups attached to an aromatic ring is 1. The van der Waals surface area contributed by atoms with E-state index in [-0.39, 0.29) is 23.0 Å². The number of anilines is 1. The number of nitrogens with two attached hydrogens (primary N) is 1. The van der Waals surface area contributed by atoms with E-state index in [9.17, 15) is 14.9 Å². The summed E-state index contributed by atoms with van der Waals surface area (Å²) in [5, 5.41) is 14.6. The molecule has 122 valence electrons. The zero-order valence-corrected chi connectivity index (χ0v) is 12.9. The smallest absolute Gasteiger partial charge is 0.292 e. The lowest BCUT2D eigenvalue weighted by molar-refractivity contribution is -0.383. The second-order valence-corrected chi connectivity index (χ2v) is 5.41. The van der Waals surface area contributed by atoms with Crippen molar-refractivity contribution in [2.24, 2.45) is 0 Å². The Bertz CT molecular complexity index is 899. The van der Waals surface area contributed by atoms with E-state index in [1.54, 1.807) is 6.92 Å². The number of nitrogens with one attached hydrogen (secondary N) is 1. The Labute approximate surface area is 137 Å². The van der Waals surface area contributed by atoms with Crippen molar-refractivity contribution in [3.05, 3.63) is 70.0 Å². The largest absolute Gasteiger partial charge is 0.459 e. The molecule has 3 aromatic rings. The summed E-state index contributed by atoms with van der Waals surface area (Å²) in [6.07, 6.45) is 0. The number of nitrogens with zero attached hydrogens (tertiary/aromatic N) is 1. The summed E-state index contributed by atoms with van der Waals surface area (Å²) in [6.45, 7) is 1.78. The molecule has 2 aromatic carbocycles. The van der Waals surface area contributed by atoms with Gasteiger partial charge in [-0.1, -0.05) is 18.2 Å². The number of amides is 1. The van der Waals surface area contributed by atoms with Crippen molar-refractivity contribution in [2.75, 3.05) is 5.73 Å². The molecule has 0 aliphatic carbocycles. The molecule has 7 heteroatoms. The molecule has 0 radical (unpaired) electrons. The molecule has 0 spiro atoms. The second-order valence-electron chi connectivity index (χ2n) is 5.41. The van der Waals surface area contributed by atoms with E-state index in [1.807, 2.05) is 30.3 Å². The van der Waals surface area contributed by atoms with Crippen LogP contribution in [0.3, 0.4) is 0 Å². The number of rotatable bonds is 4. The molecule has 0 saturated heterocycles. The third-order valence-corrected chi connectivity index (χ3v) is 3.71. The number of carbonyl (C=O) groups is 1. The molecule has 0 aliphatic rings. The maximum absolute atomic E-state index is 12.3. The van der Waals surface area contributed by atoms with Crippen LogP contribution in [-0.2, 0) is 0 Å². The highest BCUT2D eigenvalue weighted by molar-refractivity contribution is 5.95. The molecule has 0 aliphatic heterocycles. The van der Waals surface area contributed by atoms with Crippen LogP contribution in [0.5, 0.6) is 0 Å². The standard InChI is InChI=1S/C17H15N3O4/c1-10(16-9-11-4-2-3-5-15(11)24-16)19-17(21)12-6-7-13(18)14(8-12)20(22)23/h2-10H,18H2,1H3,(H,19,21)/t10-/m1/s1. The van der Waals surface area contributed by atoms with Gasteiger partial charge in [0.15, 0.2) is 0 Å². The van der Waals surface area contributed by atoms with Gasteiger partial charge in [-0.3, -0.25) is 14.9 Å². The minimum Gasteiger partial charge on any atom is -0.459 e. The molecule has 0 saturated carbocycles. The van der Waals surface area contributed by atoms with Gasteiger partial charge in [0.1, 0.15) is 17.0 Å². The van der Waals surface area contributed by atoms with E-state index in [1.165, 1.54) is 12.1 Å². The number of nitro benzene ring substituents is 1. The molecule has 1 atom stereocenters. The fourth-order valence-electron chi connectivity index (χ4n) is 2.41. The van der Waals surface area contributed by atoms with Crippen molar-refractivity contribution in [2.45, 2.75) is 13.0 Å². The number of benzene rings is 2. The lowest BCUT2D eigenvalue weighted by Gasteiger charge is -2.11. The molecule has 24 heavy (non-hydrogen) atoms. The molecule has 1 aromatic heterocycles. The van der Waals surface area contributed by atoms with Crippen LogP contribution < -0.4 is 11.1 Å². The number of carbonyl (C=O) groups excluding carboxylic acids is 1. The van der Waals surface area contributed by atoms with Crippen LogP contribution in [0.2, 0.25) is 0 Å². The van der Waals surface area contributed by atoms with Gasteiger partial charge in [-0.15, -0.1) is 0 Å². The second kappa shape index (κ2) is 6.04. The van der Waals surface area contributed by atoms with E-state index >= 15 is 0 Å². The van der Waals surface area contributed by atoms with Crippen molar-refractivity contribution in [3.8, 4) is 0 Å². The Balaban J connectivity index is 1.81. The summed E-state index contributed by atoms with van der Waals surface area (Å²) < 4.78 is 5.70. The highest BCUT2D eigenvalue weighted by Gasteiger charge is 2.19. The molecule has 1 amide bonds. The lowest BCUT2D eigenvalue weighted by atomic mass is 10.1. The summed E-state index contributed by atoms with van der Waals surface area (Å²) in [4.78, 5) is 22.6. The van der Waals surface area contributed by atoms with Gasteiger partial charge < -0.3 is 15.5 Å². The monoisotopic (exact) mass is 325 g/mol. The normalized spacial score (nSPS) is 12.0. The maximum atomic E-state index is 12.3. The topological polar surface area (TPSA) is 111 Å². The summed E-state index contributed by atoms with van der Waals surface area (Å²) in [6, 6.07) is 13.0.